The molecule has 0 bridgehead atoms. The fraction of sp³-hybridized carbons (Fsp3) is 0.650. The van der Waals surface area contributed by atoms with E-state index >= 15 is 0 Å². The van der Waals surface area contributed by atoms with Crippen LogP contribution in [0.2, 0.25) is 0 Å². The quantitative estimate of drug-likeness (QED) is 0.582. The van der Waals surface area contributed by atoms with Crippen molar-refractivity contribution in [2.24, 2.45) is 0 Å². The number of amides is 1. The van der Waals surface area contributed by atoms with E-state index in [1.54, 1.807) is 13.8 Å². The van der Waals surface area contributed by atoms with E-state index in [-0.39, 0.29) is 35.6 Å². The molecule has 1 aliphatic heterocycles. The molecule has 10 heteroatoms. The minimum atomic E-state index is -3.70. The second kappa shape index (κ2) is 10.2. The number of aryl methyl sites for hydroxylation is 3. The zero-order valence-electron chi connectivity index (χ0n) is 18.2. The SMILES string of the molecule is CCCS(=O)(=O)N1CCC(NC(=O)CCNS(=O)(=O)c2c(C)cc(C)cc2C)CC1. The molecule has 30 heavy (non-hydrogen) atoms. The lowest BCUT2D eigenvalue weighted by molar-refractivity contribution is -0.121. The summed E-state index contributed by atoms with van der Waals surface area (Å²) in [6.45, 7) is 8.06. The maximum Gasteiger partial charge on any atom is 0.241 e. The van der Waals surface area contributed by atoms with Crippen LogP contribution in [0.1, 0.15) is 49.3 Å². The van der Waals surface area contributed by atoms with E-state index < -0.39 is 20.0 Å². The van der Waals surface area contributed by atoms with Crippen LogP contribution in [0.25, 0.3) is 0 Å². The largest absolute Gasteiger partial charge is 0.353 e. The van der Waals surface area contributed by atoms with E-state index in [4.69, 9.17) is 0 Å². The molecule has 1 aromatic carbocycles. The summed E-state index contributed by atoms with van der Waals surface area (Å²) in [6, 6.07) is 3.55. The molecule has 0 saturated carbocycles. The van der Waals surface area contributed by atoms with Crippen molar-refractivity contribution in [1.82, 2.24) is 14.3 Å². The van der Waals surface area contributed by atoms with Crippen molar-refractivity contribution in [3.05, 3.63) is 28.8 Å². The number of nitrogens with zero attached hydrogens (tertiary/aromatic N) is 1. The zero-order chi connectivity index (χ0) is 22.5. The lowest BCUT2D eigenvalue weighted by atomic mass is 10.1. The van der Waals surface area contributed by atoms with Gasteiger partial charge in [0.15, 0.2) is 0 Å². The third kappa shape index (κ3) is 6.50. The first kappa shape index (κ1) is 24.8. The number of rotatable bonds is 9. The maximum atomic E-state index is 12.6. The lowest BCUT2D eigenvalue weighted by Gasteiger charge is -2.31. The summed E-state index contributed by atoms with van der Waals surface area (Å²) in [7, 11) is -6.91. The van der Waals surface area contributed by atoms with Crippen LogP contribution in [0.5, 0.6) is 0 Å². The number of carbonyl (C=O) groups excluding carboxylic acids is 1. The van der Waals surface area contributed by atoms with Gasteiger partial charge in [0.1, 0.15) is 0 Å². The fourth-order valence-electron chi connectivity index (χ4n) is 3.93. The highest BCUT2D eigenvalue weighted by Gasteiger charge is 2.28. The van der Waals surface area contributed by atoms with E-state index in [1.165, 1.54) is 4.31 Å². The summed E-state index contributed by atoms with van der Waals surface area (Å²) in [6.07, 6.45) is 1.72. The Hall–Kier alpha value is -1.49. The van der Waals surface area contributed by atoms with Gasteiger partial charge in [-0.2, -0.15) is 0 Å². The highest BCUT2D eigenvalue weighted by Crippen LogP contribution is 2.21. The average Bonchev–Trinajstić information content (AvgIpc) is 2.60. The van der Waals surface area contributed by atoms with Gasteiger partial charge in [-0.05, 0) is 51.2 Å². The summed E-state index contributed by atoms with van der Waals surface area (Å²) < 4.78 is 53.5. The number of benzene rings is 1. The molecular formula is C20H33N3O5S2. The molecule has 1 amide bonds. The smallest absolute Gasteiger partial charge is 0.241 e. The van der Waals surface area contributed by atoms with Crippen molar-refractivity contribution in [1.29, 1.82) is 0 Å². The molecule has 170 valence electrons. The molecule has 0 atom stereocenters. The Morgan fingerprint density at radius 3 is 2.17 bits per heavy atom. The number of hydrogen-bond acceptors (Lipinski definition) is 5. The van der Waals surface area contributed by atoms with Crippen molar-refractivity contribution < 1.29 is 21.6 Å². The van der Waals surface area contributed by atoms with Crippen molar-refractivity contribution in [3.63, 3.8) is 0 Å². The first-order chi connectivity index (χ1) is 14.0. The van der Waals surface area contributed by atoms with Crippen molar-refractivity contribution in [3.8, 4) is 0 Å². The number of nitrogens with one attached hydrogen (secondary N) is 2. The lowest BCUT2D eigenvalue weighted by Crippen LogP contribution is -2.47. The molecule has 1 heterocycles. The normalized spacial score (nSPS) is 16.5. The van der Waals surface area contributed by atoms with E-state index in [0.29, 0.717) is 43.5 Å². The predicted octanol–water partition coefficient (Wildman–Crippen LogP) is 1.60. The number of carbonyl (C=O) groups is 1. The predicted molar refractivity (Wildman–Crippen MR) is 117 cm³/mol. The van der Waals surface area contributed by atoms with Gasteiger partial charge in [0, 0.05) is 32.1 Å². The summed E-state index contributed by atoms with van der Waals surface area (Å²) in [4.78, 5) is 12.5. The Kier molecular flexibility index (Phi) is 8.43. The van der Waals surface area contributed by atoms with E-state index in [2.05, 4.69) is 10.0 Å². The Balaban J connectivity index is 1.82. The fourth-order valence-corrected chi connectivity index (χ4v) is 6.95. The first-order valence-electron chi connectivity index (χ1n) is 10.3. The van der Waals surface area contributed by atoms with Crippen LogP contribution >= 0.6 is 0 Å². The van der Waals surface area contributed by atoms with Gasteiger partial charge in [-0.1, -0.05) is 24.6 Å². The van der Waals surface area contributed by atoms with Gasteiger partial charge in [-0.25, -0.2) is 25.9 Å². The molecule has 1 fully saturated rings. The van der Waals surface area contributed by atoms with E-state index in [9.17, 15) is 21.6 Å². The summed E-state index contributed by atoms with van der Waals surface area (Å²) >= 11 is 0. The Labute approximate surface area is 180 Å². The molecule has 1 saturated heterocycles. The molecule has 2 N–H and O–H groups in total. The van der Waals surface area contributed by atoms with Gasteiger partial charge in [0.2, 0.25) is 26.0 Å². The first-order valence-corrected chi connectivity index (χ1v) is 13.4. The topological polar surface area (TPSA) is 113 Å². The Bertz CT molecular complexity index is 943. The van der Waals surface area contributed by atoms with Crippen LogP contribution in [0, 0.1) is 20.8 Å². The molecule has 0 unspecified atom stereocenters. The summed E-state index contributed by atoms with van der Waals surface area (Å²) in [5.41, 5.74) is 2.35. The van der Waals surface area contributed by atoms with Gasteiger partial charge in [-0.3, -0.25) is 4.79 Å². The number of piperidine rings is 1. The van der Waals surface area contributed by atoms with Gasteiger partial charge in [0.25, 0.3) is 0 Å². The van der Waals surface area contributed by atoms with Crippen molar-refractivity contribution >= 4 is 26.0 Å². The van der Waals surface area contributed by atoms with E-state index in [0.717, 1.165) is 5.56 Å². The molecular weight excluding hydrogens is 426 g/mol. The van der Waals surface area contributed by atoms with Crippen LogP contribution in [0.3, 0.4) is 0 Å². The van der Waals surface area contributed by atoms with Gasteiger partial charge in [0.05, 0.1) is 10.6 Å². The number of hydrogen-bond donors (Lipinski definition) is 2. The highest BCUT2D eigenvalue weighted by atomic mass is 32.2. The maximum absolute atomic E-state index is 12.6. The highest BCUT2D eigenvalue weighted by molar-refractivity contribution is 7.89. The third-order valence-corrected chi connectivity index (χ3v) is 9.03. The molecule has 0 radical (unpaired) electrons. The summed E-state index contributed by atoms with van der Waals surface area (Å²) in [5.74, 6) is -0.102. The van der Waals surface area contributed by atoms with Crippen LogP contribution in [0.15, 0.2) is 17.0 Å². The molecule has 1 aliphatic rings. The van der Waals surface area contributed by atoms with E-state index in [1.807, 2.05) is 26.0 Å². The molecule has 8 nitrogen and oxygen atoms in total. The van der Waals surface area contributed by atoms with Crippen LogP contribution in [-0.4, -0.2) is 58.5 Å². The minimum Gasteiger partial charge on any atom is -0.353 e. The summed E-state index contributed by atoms with van der Waals surface area (Å²) in [5, 5.41) is 2.88. The van der Waals surface area contributed by atoms with Crippen LogP contribution in [0.4, 0.5) is 0 Å². The monoisotopic (exact) mass is 459 g/mol. The Morgan fingerprint density at radius 1 is 1.07 bits per heavy atom. The minimum absolute atomic E-state index is 0.00461. The molecule has 2 rings (SSSR count). The molecule has 1 aromatic rings. The van der Waals surface area contributed by atoms with Crippen molar-refractivity contribution in [2.45, 2.75) is 64.3 Å². The van der Waals surface area contributed by atoms with Gasteiger partial charge < -0.3 is 5.32 Å². The Morgan fingerprint density at radius 2 is 1.63 bits per heavy atom. The zero-order valence-corrected chi connectivity index (χ0v) is 19.8. The molecule has 0 aromatic heterocycles. The molecule has 0 spiro atoms. The van der Waals surface area contributed by atoms with Crippen molar-refractivity contribution in [2.75, 3.05) is 25.4 Å². The van der Waals surface area contributed by atoms with Crippen LogP contribution in [-0.2, 0) is 24.8 Å². The number of sulfonamides is 2. The average molecular weight is 460 g/mol. The molecule has 0 aliphatic carbocycles. The van der Waals surface area contributed by atoms with Gasteiger partial charge in [-0.15, -0.1) is 0 Å². The standard InChI is InChI=1S/C20H33N3O5S2/c1-5-12-29(25,26)23-10-7-18(8-11-23)22-19(24)6-9-21-30(27,28)20-16(3)13-15(2)14-17(20)4/h13-14,18,21H,5-12H2,1-4H3,(H,22,24). The third-order valence-electron chi connectivity index (χ3n) is 5.19. The second-order valence-electron chi connectivity index (χ2n) is 7.93. The van der Waals surface area contributed by atoms with Gasteiger partial charge >= 0.3 is 0 Å². The second-order valence-corrected chi connectivity index (χ2v) is 11.7. The van der Waals surface area contributed by atoms with Crippen LogP contribution < -0.4 is 10.0 Å².